The summed E-state index contributed by atoms with van der Waals surface area (Å²) in [7, 11) is 1.70. The number of rotatable bonds is 5. The Morgan fingerprint density at radius 3 is 2.67 bits per heavy atom. The fraction of sp³-hybridized carbons (Fsp3) is 0.438. The van der Waals surface area contributed by atoms with Gasteiger partial charge in [0.25, 0.3) is 0 Å². The SMILES string of the molecule is CCCNc1cc(C2CC2)nc2c(Br)cc(Br)c(OC)c12. The lowest BCUT2D eigenvalue weighted by atomic mass is 10.1. The Morgan fingerprint density at radius 2 is 2.05 bits per heavy atom. The van der Waals surface area contributed by atoms with Crippen molar-refractivity contribution in [1.29, 1.82) is 0 Å². The molecule has 5 heteroatoms. The molecule has 0 saturated heterocycles. The van der Waals surface area contributed by atoms with Crippen molar-refractivity contribution in [2.24, 2.45) is 0 Å². The summed E-state index contributed by atoms with van der Waals surface area (Å²) in [6.07, 6.45) is 3.58. The van der Waals surface area contributed by atoms with Gasteiger partial charge in [0.05, 0.1) is 22.5 Å². The lowest BCUT2D eigenvalue weighted by Crippen LogP contribution is -2.04. The van der Waals surface area contributed by atoms with Gasteiger partial charge in [0.1, 0.15) is 5.75 Å². The van der Waals surface area contributed by atoms with Crippen LogP contribution in [0.5, 0.6) is 5.75 Å². The van der Waals surface area contributed by atoms with Crippen LogP contribution >= 0.6 is 31.9 Å². The number of methoxy groups -OCH3 is 1. The highest BCUT2D eigenvalue weighted by Gasteiger charge is 2.27. The number of nitrogens with one attached hydrogen (secondary N) is 1. The first kappa shape index (κ1) is 15.1. The van der Waals surface area contributed by atoms with E-state index in [9.17, 15) is 0 Å². The minimum Gasteiger partial charge on any atom is -0.495 e. The molecule has 3 rings (SSSR count). The molecule has 1 heterocycles. The maximum atomic E-state index is 5.60. The molecule has 0 unspecified atom stereocenters. The first-order chi connectivity index (χ1) is 10.2. The lowest BCUT2D eigenvalue weighted by molar-refractivity contribution is 0.417. The number of anilines is 1. The molecular weight excluding hydrogens is 396 g/mol. The summed E-state index contributed by atoms with van der Waals surface area (Å²) < 4.78 is 7.53. The number of aromatic nitrogens is 1. The van der Waals surface area contributed by atoms with E-state index in [0.717, 1.165) is 44.3 Å². The summed E-state index contributed by atoms with van der Waals surface area (Å²) in [6.45, 7) is 3.11. The van der Waals surface area contributed by atoms with Gasteiger partial charge in [-0.05, 0) is 63.3 Å². The average Bonchev–Trinajstić information content (AvgIpc) is 3.30. The normalized spacial score (nSPS) is 14.5. The van der Waals surface area contributed by atoms with Gasteiger partial charge in [0.15, 0.2) is 0 Å². The van der Waals surface area contributed by atoms with E-state index < -0.39 is 0 Å². The van der Waals surface area contributed by atoms with Crippen molar-refractivity contribution in [3.05, 3.63) is 26.8 Å². The summed E-state index contributed by atoms with van der Waals surface area (Å²) in [5.41, 5.74) is 3.27. The number of benzene rings is 1. The Balaban J connectivity index is 2.26. The summed E-state index contributed by atoms with van der Waals surface area (Å²) in [6, 6.07) is 4.20. The zero-order valence-electron chi connectivity index (χ0n) is 12.2. The summed E-state index contributed by atoms with van der Waals surface area (Å²) >= 11 is 7.22. The number of fused-ring (bicyclic) bond motifs is 1. The third-order valence-electron chi connectivity index (χ3n) is 3.73. The molecule has 112 valence electrons. The van der Waals surface area contributed by atoms with Crippen LogP contribution in [-0.2, 0) is 0 Å². The van der Waals surface area contributed by atoms with E-state index in [0.29, 0.717) is 5.92 Å². The maximum Gasteiger partial charge on any atom is 0.144 e. The highest BCUT2D eigenvalue weighted by Crippen LogP contribution is 2.45. The number of hydrogen-bond donors (Lipinski definition) is 1. The minimum absolute atomic E-state index is 0.623. The van der Waals surface area contributed by atoms with Crippen molar-refractivity contribution in [3.63, 3.8) is 0 Å². The molecule has 1 aliphatic rings. The molecule has 0 amide bonds. The van der Waals surface area contributed by atoms with Gasteiger partial charge in [-0.1, -0.05) is 6.92 Å². The van der Waals surface area contributed by atoms with Gasteiger partial charge in [-0.2, -0.15) is 0 Å². The Bertz CT molecular complexity index is 684. The van der Waals surface area contributed by atoms with E-state index in [1.54, 1.807) is 7.11 Å². The summed E-state index contributed by atoms with van der Waals surface area (Å²) in [4.78, 5) is 4.87. The number of nitrogens with zero attached hydrogens (tertiary/aromatic N) is 1. The molecule has 0 radical (unpaired) electrons. The Hall–Kier alpha value is -0.810. The predicted octanol–water partition coefficient (Wildman–Crippen LogP) is 5.47. The molecule has 0 aliphatic heterocycles. The minimum atomic E-state index is 0.623. The van der Waals surface area contributed by atoms with Crippen LogP contribution in [0.1, 0.15) is 37.8 Å². The van der Waals surface area contributed by atoms with Gasteiger partial charge in [0.2, 0.25) is 0 Å². The maximum absolute atomic E-state index is 5.60. The number of halogens is 2. The molecule has 1 N–H and O–H groups in total. The van der Waals surface area contributed by atoms with E-state index in [4.69, 9.17) is 9.72 Å². The van der Waals surface area contributed by atoms with E-state index >= 15 is 0 Å². The van der Waals surface area contributed by atoms with Gasteiger partial charge >= 0.3 is 0 Å². The van der Waals surface area contributed by atoms with Crippen molar-refractivity contribution in [3.8, 4) is 5.75 Å². The fourth-order valence-corrected chi connectivity index (χ4v) is 3.93. The molecular formula is C16H18Br2N2O. The molecule has 1 saturated carbocycles. The van der Waals surface area contributed by atoms with Crippen LogP contribution in [0.2, 0.25) is 0 Å². The molecule has 1 fully saturated rings. The molecule has 0 atom stereocenters. The first-order valence-electron chi connectivity index (χ1n) is 7.26. The number of ether oxygens (including phenoxy) is 1. The van der Waals surface area contributed by atoms with Crippen LogP contribution in [-0.4, -0.2) is 18.6 Å². The zero-order chi connectivity index (χ0) is 15.0. The van der Waals surface area contributed by atoms with E-state index in [-0.39, 0.29) is 0 Å². The highest BCUT2D eigenvalue weighted by molar-refractivity contribution is 9.11. The topological polar surface area (TPSA) is 34.2 Å². The van der Waals surface area contributed by atoms with Gasteiger partial charge in [0, 0.05) is 28.3 Å². The van der Waals surface area contributed by atoms with Gasteiger partial charge in [-0.15, -0.1) is 0 Å². The number of pyridine rings is 1. The second-order valence-corrected chi connectivity index (χ2v) is 7.10. The zero-order valence-corrected chi connectivity index (χ0v) is 15.3. The molecule has 3 nitrogen and oxygen atoms in total. The molecule has 0 bridgehead atoms. The average molecular weight is 414 g/mol. The van der Waals surface area contributed by atoms with E-state index in [1.807, 2.05) is 6.07 Å². The third-order valence-corrected chi connectivity index (χ3v) is 4.92. The van der Waals surface area contributed by atoms with Crippen LogP contribution in [0.4, 0.5) is 5.69 Å². The Labute approximate surface area is 141 Å². The van der Waals surface area contributed by atoms with E-state index in [1.165, 1.54) is 18.5 Å². The van der Waals surface area contributed by atoms with Gasteiger partial charge in [-0.25, -0.2) is 0 Å². The lowest BCUT2D eigenvalue weighted by Gasteiger charge is -2.16. The summed E-state index contributed by atoms with van der Waals surface area (Å²) in [5.74, 6) is 1.46. The highest BCUT2D eigenvalue weighted by atomic mass is 79.9. The van der Waals surface area contributed by atoms with Crippen molar-refractivity contribution >= 4 is 48.5 Å². The molecule has 0 spiro atoms. The van der Waals surface area contributed by atoms with Gasteiger partial charge in [-0.3, -0.25) is 4.98 Å². The van der Waals surface area contributed by atoms with Crippen molar-refractivity contribution in [2.45, 2.75) is 32.1 Å². The largest absolute Gasteiger partial charge is 0.495 e. The third kappa shape index (κ3) is 2.90. The van der Waals surface area contributed by atoms with Crippen LogP contribution in [0, 0.1) is 0 Å². The smallest absolute Gasteiger partial charge is 0.144 e. The fourth-order valence-electron chi connectivity index (χ4n) is 2.52. The molecule has 1 aromatic carbocycles. The predicted molar refractivity (Wildman–Crippen MR) is 94.5 cm³/mol. The van der Waals surface area contributed by atoms with Crippen LogP contribution in [0.25, 0.3) is 10.9 Å². The second kappa shape index (κ2) is 6.13. The molecule has 1 aliphatic carbocycles. The second-order valence-electron chi connectivity index (χ2n) is 5.39. The number of hydrogen-bond acceptors (Lipinski definition) is 3. The van der Waals surface area contributed by atoms with Crippen LogP contribution in [0.3, 0.4) is 0 Å². The van der Waals surface area contributed by atoms with Crippen LogP contribution in [0.15, 0.2) is 21.1 Å². The van der Waals surface area contributed by atoms with E-state index in [2.05, 4.69) is 50.2 Å². The van der Waals surface area contributed by atoms with Crippen molar-refractivity contribution in [2.75, 3.05) is 19.0 Å². The standard InChI is InChI=1S/C16H18Br2N2O/c1-3-6-19-13-8-12(9-4-5-9)20-15-10(17)7-11(18)16(21-2)14(13)15/h7-9H,3-6H2,1-2H3,(H,19,20). The van der Waals surface area contributed by atoms with Crippen molar-refractivity contribution in [1.82, 2.24) is 4.98 Å². The van der Waals surface area contributed by atoms with Crippen LogP contribution < -0.4 is 10.1 Å². The van der Waals surface area contributed by atoms with Crippen molar-refractivity contribution < 1.29 is 4.74 Å². The quantitative estimate of drug-likeness (QED) is 0.705. The summed E-state index contributed by atoms with van der Waals surface area (Å²) in [5, 5.41) is 4.57. The van der Waals surface area contributed by atoms with Gasteiger partial charge < -0.3 is 10.1 Å². The molecule has 2 aromatic rings. The Morgan fingerprint density at radius 1 is 1.29 bits per heavy atom. The first-order valence-corrected chi connectivity index (χ1v) is 8.84. The monoisotopic (exact) mass is 412 g/mol. The molecule has 1 aromatic heterocycles. The molecule has 21 heavy (non-hydrogen) atoms. The Kier molecular flexibility index (Phi) is 4.41.